The monoisotopic (exact) mass is 280 g/mol. The Morgan fingerprint density at radius 2 is 2.00 bits per heavy atom. The minimum Gasteiger partial charge on any atom is -0.326 e. The number of benzene rings is 1. The molecular formula is C17H16N2S. The van der Waals surface area contributed by atoms with Crippen LogP contribution >= 0.6 is 11.3 Å². The highest BCUT2D eigenvalue weighted by Gasteiger charge is 2.22. The van der Waals surface area contributed by atoms with E-state index in [1.807, 2.05) is 23.9 Å². The quantitative estimate of drug-likeness (QED) is 0.674. The fourth-order valence-corrected chi connectivity index (χ4v) is 4.14. The Morgan fingerprint density at radius 1 is 1.10 bits per heavy atom. The maximum Gasteiger partial charge on any atom is 0.0954 e. The smallest absolute Gasteiger partial charge is 0.0954 e. The normalized spacial score (nSPS) is 17.9. The Hall–Kier alpha value is -1.87. The minimum atomic E-state index is 0.476. The van der Waals surface area contributed by atoms with E-state index >= 15 is 0 Å². The Morgan fingerprint density at radius 3 is 2.90 bits per heavy atom. The third-order valence-electron chi connectivity index (χ3n) is 4.01. The molecule has 1 unspecified atom stereocenters. The van der Waals surface area contributed by atoms with Crippen LogP contribution in [0.1, 0.15) is 29.5 Å². The van der Waals surface area contributed by atoms with Gasteiger partial charge in [-0.1, -0.05) is 30.3 Å². The number of aromatic nitrogens is 2. The molecule has 1 aromatic carbocycles. The summed E-state index contributed by atoms with van der Waals surface area (Å²) in [7, 11) is 0. The molecule has 0 radical (unpaired) electrons. The van der Waals surface area contributed by atoms with E-state index in [1.165, 1.54) is 33.9 Å². The van der Waals surface area contributed by atoms with Crippen LogP contribution in [-0.2, 0) is 6.42 Å². The second kappa shape index (κ2) is 4.91. The average molecular weight is 280 g/mol. The van der Waals surface area contributed by atoms with Crippen LogP contribution in [-0.4, -0.2) is 9.55 Å². The molecule has 0 spiro atoms. The van der Waals surface area contributed by atoms with E-state index in [1.54, 1.807) is 0 Å². The van der Waals surface area contributed by atoms with Crippen molar-refractivity contribution in [1.82, 2.24) is 9.55 Å². The number of imidazole rings is 1. The molecular weight excluding hydrogens is 264 g/mol. The van der Waals surface area contributed by atoms with Gasteiger partial charge in [0.1, 0.15) is 0 Å². The zero-order valence-corrected chi connectivity index (χ0v) is 12.0. The molecule has 0 fully saturated rings. The maximum absolute atomic E-state index is 4.31. The van der Waals surface area contributed by atoms with Gasteiger partial charge in [-0.3, -0.25) is 0 Å². The van der Waals surface area contributed by atoms with Crippen molar-refractivity contribution in [2.24, 2.45) is 0 Å². The number of fused-ring (bicyclic) bond motifs is 1. The highest BCUT2D eigenvalue weighted by Crippen LogP contribution is 2.37. The molecule has 3 aromatic rings. The van der Waals surface area contributed by atoms with E-state index in [9.17, 15) is 0 Å². The highest BCUT2D eigenvalue weighted by atomic mass is 32.1. The van der Waals surface area contributed by atoms with Crippen LogP contribution in [0.15, 0.2) is 55.0 Å². The van der Waals surface area contributed by atoms with Gasteiger partial charge in [-0.05, 0) is 37.0 Å². The molecule has 100 valence electrons. The molecule has 0 amide bonds. The van der Waals surface area contributed by atoms with Gasteiger partial charge in [0.05, 0.1) is 12.4 Å². The molecule has 0 saturated heterocycles. The molecule has 3 heteroatoms. The van der Waals surface area contributed by atoms with Crippen molar-refractivity contribution >= 4 is 11.3 Å². The Labute approximate surface area is 122 Å². The van der Waals surface area contributed by atoms with Crippen molar-refractivity contribution in [3.8, 4) is 10.4 Å². The number of hydrogen-bond acceptors (Lipinski definition) is 2. The molecule has 20 heavy (non-hydrogen) atoms. The van der Waals surface area contributed by atoms with E-state index in [0.29, 0.717) is 6.04 Å². The van der Waals surface area contributed by atoms with Gasteiger partial charge in [-0.25, -0.2) is 4.98 Å². The predicted octanol–water partition coefficient (Wildman–Crippen LogP) is 4.54. The number of nitrogens with zero attached hydrogens (tertiary/aromatic N) is 2. The number of aryl methyl sites for hydroxylation is 1. The summed E-state index contributed by atoms with van der Waals surface area (Å²) in [6.07, 6.45) is 7.64. The second-order valence-corrected chi connectivity index (χ2v) is 6.38. The van der Waals surface area contributed by atoms with Gasteiger partial charge < -0.3 is 4.57 Å². The standard InChI is InChI=1S/C17H16N2S/c1-2-5-13(6-3-1)16-9-10-17(20-16)15-8-4-7-14-11-18-12-19(14)15/h1-3,5-6,9-12,15H,4,7-8H2. The average Bonchev–Trinajstić information content (AvgIpc) is 3.17. The summed E-state index contributed by atoms with van der Waals surface area (Å²) in [6, 6.07) is 15.6. The molecule has 0 bridgehead atoms. The molecule has 1 atom stereocenters. The summed E-state index contributed by atoms with van der Waals surface area (Å²) in [6.45, 7) is 0. The van der Waals surface area contributed by atoms with Crippen molar-refractivity contribution < 1.29 is 0 Å². The summed E-state index contributed by atoms with van der Waals surface area (Å²) < 4.78 is 2.35. The third kappa shape index (κ3) is 1.98. The van der Waals surface area contributed by atoms with Crippen LogP contribution in [0.3, 0.4) is 0 Å². The molecule has 2 nitrogen and oxygen atoms in total. The van der Waals surface area contributed by atoms with Crippen molar-refractivity contribution in [2.75, 3.05) is 0 Å². The van der Waals surface area contributed by atoms with Crippen LogP contribution in [0.4, 0.5) is 0 Å². The van der Waals surface area contributed by atoms with Gasteiger partial charge in [0.2, 0.25) is 0 Å². The van der Waals surface area contributed by atoms with Crippen molar-refractivity contribution in [2.45, 2.75) is 25.3 Å². The van der Waals surface area contributed by atoms with Gasteiger partial charge >= 0.3 is 0 Å². The zero-order valence-electron chi connectivity index (χ0n) is 11.2. The summed E-state index contributed by atoms with van der Waals surface area (Å²) in [5.41, 5.74) is 2.68. The van der Waals surface area contributed by atoms with Crippen LogP contribution in [0.25, 0.3) is 10.4 Å². The summed E-state index contributed by atoms with van der Waals surface area (Å²) in [5.74, 6) is 0. The van der Waals surface area contributed by atoms with Crippen LogP contribution in [0, 0.1) is 0 Å². The van der Waals surface area contributed by atoms with E-state index in [2.05, 4.69) is 52.0 Å². The molecule has 0 N–H and O–H groups in total. The van der Waals surface area contributed by atoms with Gasteiger partial charge in [-0.15, -0.1) is 11.3 Å². The van der Waals surface area contributed by atoms with Gasteiger partial charge in [0.25, 0.3) is 0 Å². The van der Waals surface area contributed by atoms with Gasteiger partial charge in [0.15, 0.2) is 0 Å². The van der Waals surface area contributed by atoms with Crippen LogP contribution in [0.2, 0.25) is 0 Å². The molecule has 1 aliphatic heterocycles. The number of thiophene rings is 1. The lowest BCUT2D eigenvalue weighted by Crippen LogP contribution is -2.16. The molecule has 1 aliphatic rings. The Bertz CT molecular complexity index is 711. The fraction of sp³-hybridized carbons (Fsp3) is 0.235. The van der Waals surface area contributed by atoms with Crippen molar-refractivity contribution in [1.29, 1.82) is 0 Å². The van der Waals surface area contributed by atoms with Crippen molar-refractivity contribution in [3.63, 3.8) is 0 Å². The summed E-state index contributed by atoms with van der Waals surface area (Å²) >= 11 is 1.91. The molecule has 0 aliphatic carbocycles. The van der Waals surface area contributed by atoms with E-state index in [-0.39, 0.29) is 0 Å². The van der Waals surface area contributed by atoms with Crippen LogP contribution < -0.4 is 0 Å². The minimum absolute atomic E-state index is 0.476. The number of rotatable bonds is 2. The van der Waals surface area contributed by atoms with E-state index in [4.69, 9.17) is 0 Å². The third-order valence-corrected chi connectivity index (χ3v) is 5.24. The first-order valence-electron chi connectivity index (χ1n) is 7.08. The largest absolute Gasteiger partial charge is 0.326 e. The number of hydrogen-bond donors (Lipinski definition) is 0. The first-order valence-corrected chi connectivity index (χ1v) is 7.89. The van der Waals surface area contributed by atoms with E-state index < -0.39 is 0 Å². The predicted molar refractivity (Wildman–Crippen MR) is 83.1 cm³/mol. The lowest BCUT2D eigenvalue weighted by atomic mass is 10.0. The first kappa shape index (κ1) is 11.9. The topological polar surface area (TPSA) is 17.8 Å². The molecule has 0 saturated carbocycles. The second-order valence-electron chi connectivity index (χ2n) is 5.27. The molecule has 2 aromatic heterocycles. The molecule has 3 heterocycles. The Kier molecular flexibility index (Phi) is 2.92. The first-order chi connectivity index (χ1) is 9.92. The lowest BCUT2D eigenvalue weighted by molar-refractivity contribution is 0.463. The van der Waals surface area contributed by atoms with E-state index in [0.717, 1.165) is 6.42 Å². The van der Waals surface area contributed by atoms with Crippen LogP contribution in [0.5, 0.6) is 0 Å². The summed E-state index contributed by atoms with van der Waals surface area (Å²) in [5, 5.41) is 0. The highest BCUT2D eigenvalue weighted by molar-refractivity contribution is 7.15. The SMILES string of the molecule is c1ccc(-c2ccc(C3CCCc4cncn43)s2)cc1. The van der Waals surface area contributed by atoms with Gasteiger partial charge in [-0.2, -0.15) is 0 Å². The maximum atomic E-state index is 4.31. The summed E-state index contributed by atoms with van der Waals surface area (Å²) in [4.78, 5) is 7.11. The lowest BCUT2D eigenvalue weighted by Gasteiger charge is -2.24. The molecule has 4 rings (SSSR count). The van der Waals surface area contributed by atoms with Gasteiger partial charge in [0, 0.05) is 21.6 Å². The fourth-order valence-electron chi connectivity index (χ4n) is 2.99. The Balaban J connectivity index is 1.70. The van der Waals surface area contributed by atoms with Crippen molar-refractivity contribution in [3.05, 3.63) is 65.6 Å². The zero-order chi connectivity index (χ0) is 13.4.